The standard InChI is InChI=1S/C94H70N2OSi2/c1-94(2,3)71-48-52-73(53-49-71)96-90-58-54-80(98(74-25-9-4-10-26-74,75-27-11-5-12-28-75)76-29-13-6-14-30-76)63-86(90)87-64-81(55-59-91(87)96)99(77-31-15-7-16-32-77,78-33-17-8-18-34-78)79-35-23-24-68(60-79)70-47-57-85-84-56-46-69(61-92(84)97-93(85)62-70)67-42-40-65(41-43-67)66-44-50-72(51-45-66)95-88-38-21-19-36-82(88)83-37-20-22-39-89(83)95/h4-64H,1-3H3. The number of nitrogens with zero attached hydrogens (tertiary/aromatic N) is 2. The summed E-state index contributed by atoms with van der Waals surface area (Å²) < 4.78 is 11.8. The van der Waals surface area contributed by atoms with Gasteiger partial charge in [0, 0.05) is 43.7 Å². The Morgan fingerprint density at radius 2 is 0.535 bits per heavy atom. The average Bonchev–Trinajstić information content (AvgIpc) is 1.68. The molecule has 5 heteroatoms. The predicted octanol–water partition coefficient (Wildman–Crippen LogP) is 18.8. The molecule has 0 aliphatic heterocycles. The smallest absolute Gasteiger partial charge is 0.179 e. The van der Waals surface area contributed by atoms with Crippen LogP contribution in [0.1, 0.15) is 26.3 Å². The molecule has 0 amide bonds. The van der Waals surface area contributed by atoms with E-state index in [1.807, 2.05) is 0 Å². The lowest BCUT2D eigenvalue weighted by Crippen LogP contribution is -2.74. The van der Waals surface area contributed by atoms with Crippen molar-refractivity contribution < 1.29 is 4.42 Å². The van der Waals surface area contributed by atoms with Crippen LogP contribution in [0, 0.1) is 0 Å². The number of hydrogen-bond donors (Lipinski definition) is 0. The molecule has 0 saturated heterocycles. The van der Waals surface area contributed by atoms with Crippen LogP contribution in [0.5, 0.6) is 0 Å². The number of hydrogen-bond acceptors (Lipinski definition) is 1. The summed E-state index contributed by atoms with van der Waals surface area (Å²) in [5, 5.41) is 17.9. The predicted molar refractivity (Wildman–Crippen MR) is 425 cm³/mol. The molecular formula is C94H70N2OSi2. The number of fused-ring (bicyclic) bond motifs is 9. The van der Waals surface area contributed by atoms with E-state index in [-0.39, 0.29) is 5.41 Å². The molecular weight excluding hydrogens is 1230 g/mol. The minimum atomic E-state index is -3.17. The number of furan rings is 1. The average molecular weight is 1300 g/mol. The second-order valence-corrected chi connectivity index (χ2v) is 35.1. The lowest BCUT2D eigenvalue weighted by molar-refractivity contribution is 0.590. The Morgan fingerprint density at radius 3 is 0.960 bits per heavy atom. The third-order valence-electron chi connectivity index (χ3n) is 21.0. The van der Waals surface area contributed by atoms with Crippen molar-refractivity contribution in [3.63, 3.8) is 0 Å². The fourth-order valence-electron chi connectivity index (χ4n) is 16.2. The zero-order valence-electron chi connectivity index (χ0n) is 55.5. The summed E-state index contributed by atoms with van der Waals surface area (Å²) in [6.45, 7) is 6.88. The van der Waals surface area contributed by atoms with Crippen LogP contribution >= 0.6 is 0 Å². The Labute approximate surface area is 579 Å². The van der Waals surface area contributed by atoms with Crippen LogP contribution in [-0.2, 0) is 5.41 Å². The molecule has 0 fully saturated rings. The lowest BCUT2D eigenvalue weighted by Gasteiger charge is -2.35. The molecule has 0 bridgehead atoms. The first-order valence-electron chi connectivity index (χ1n) is 34.4. The molecule has 0 spiro atoms. The molecule has 0 atom stereocenters. The Balaban J connectivity index is 0.750. The second kappa shape index (κ2) is 24.0. The quantitative estimate of drug-likeness (QED) is 0.0833. The van der Waals surface area contributed by atoms with E-state index in [0.717, 1.165) is 55.6 Å². The van der Waals surface area contributed by atoms with Crippen LogP contribution in [0.4, 0.5) is 0 Å². The monoisotopic (exact) mass is 1300 g/mol. The molecule has 18 rings (SSSR count). The van der Waals surface area contributed by atoms with Crippen LogP contribution in [0.25, 0.3) is 110 Å². The summed E-state index contributed by atoms with van der Waals surface area (Å²) in [5.41, 5.74) is 17.0. The number of para-hydroxylation sites is 2. The van der Waals surface area contributed by atoms with Gasteiger partial charge in [-0.1, -0.05) is 318 Å². The summed E-state index contributed by atoms with van der Waals surface area (Å²) in [4.78, 5) is 0. The van der Waals surface area contributed by atoms with Crippen molar-refractivity contribution in [2.24, 2.45) is 0 Å². The van der Waals surface area contributed by atoms with Crippen molar-refractivity contribution >= 4 is 123 Å². The van der Waals surface area contributed by atoms with Crippen LogP contribution in [0.2, 0.25) is 0 Å². The van der Waals surface area contributed by atoms with Crippen molar-refractivity contribution in [2.45, 2.75) is 26.2 Å². The first-order chi connectivity index (χ1) is 48.7. The van der Waals surface area contributed by atoms with Gasteiger partial charge in [-0.2, -0.15) is 0 Å². The molecule has 3 heterocycles. The molecule has 470 valence electrons. The highest BCUT2D eigenvalue weighted by atomic mass is 28.3. The largest absolute Gasteiger partial charge is 0.456 e. The summed E-state index contributed by atoms with van der Waals surface area (Å²) in [7, 11) is -6.10. The first kappa shape index (κ1) is 59.6. The lowest BCUT2D eigenvalue weighted by atomic mass is 9.87. The maximum atomic E-state index is 6.91. The fourth-order valence-corrected chi connectivity index (χ4v) is 25.8. The number of aromatic nitrogens is 2. The van der Waals surface area contributed by atoms with Crippen molar-refractivity contribution in [3.05, 3.63) is 376 Å². The molecule has 3 nitrogen and oxygen atoms in total. The topological polar surface area (TPSA) is 23.0 Å². The van der Waals surface area contributed by atoms with Crippen LogP contribution < -0.4 is 41.5 Å². The minimum absolute atomic E-state index is 0.0122. The van der Waals surface area contributed by atoms with E-state index in [9.17, 15) is 0 Å². The molecule has 3 aromatic heterocycles. The van der Waals surface area contributed by atoms with Gasteiger partial charge in [-0.05, 0) is 159 Å². The Morgan fingerprint density at radius 1 is 0.222 bits per heavy atom. The van der Waals surface area contributed by atoms with E-state index < -0.39 is 16.1 Å². The molecule has 15 aromatic carbocycles. The summed E-state index contributed by atoms with van der Waals surface area (Å²) in [5.74, 6) is 0. The number of benzene rings is 15. The van der Waals surface area contributed by atoms with Crippen molar-refractivity contribution in [1.29, 1.82) is 0 Å². The highest BCUT2D eigenvalue weighted by molar-refractivity contribution is 7.20. The summed E-state index contributed by atoms with van der Waals surface area (Å²) in [6.07, 6.45) is 0. The van der Waals surface area contributed by atoms with Gasteiger partial charge in [-0.15, -0.1) is 0 Å². The van der Waals surface area contributed by atoms with Gasteiger partial charge in [0.25, 0.3) is 0 Å². The van der Waals surface area contributed by atoms with Gasteiger partial charge in [0.15, 0.2) is 16.1 Å². The Kier molecular flexibility index (Phi) is 14.5. The van der Waals surface area contributed by atoms with Gasteiger partial charge in [0.05, 0.1) is 22.1 Å². The van der Waals surface area contributed by atoms with Gasteiger partial charge in [0.2, 0.25) is 0 Å². The normalized spacial score (nSPS) is 12.2. The SMILES string of the molecule is CC(C)(C)c1ccc(-n2c3ccc([Si](c4ccccc4)(c4ccccc4)c4ccccc4)cc3c3cc([Si](c4ccccc4)(c4ccccc4)c4cccc(-c5ccc6c(c5)oc5cc(-c7ccc(-c8ccc(-n9c%10ccccc%10c%10ccccc%109)cc8)cc7)ccc56)c4)ccc32)cc1. The fraction of sp³-hybridized carbons (Fsp3) is 0.0426. The molecule has 0 aliphatic rings. The summed E-state index contributed by atoms with van der Waals surface area (Å²) >= 11 is 0. The van der Waals surface area contributed by atoms with Gasteiger partial charge < -0.3 is 13.6 Å². The Bertz CT molecular complexity index is 5840. The maximum Gasteiger partial charge on any atom is 0.179 e. The van der Waals surface area contributed by atoms with E-state index in [1.54, 1.807) is 0 Å². The molecule has 0 unspecified atom stereocenters. The molecule has 99 heavy (non-hydrogen) atoms. The third-order valence-corrected chi connectivity index (χ3v) is 30.5. The maximum absolute atomic E-state index is 6.91. The van der Waals surface area contributed by atoms with Crippen molar-refractivity contribution in [1.82, 2.24) is 9.13 Å². The third kappa shape index (κ3) is 9.90. The van der Waals surface area contributed by atoms with E-state index in [1.165, 1.54) is 102 Å². The van der Waals surface area contributed by atoms with E-state index in [2.05, 4.69) is 400 Å². The van der Waals surface area contributed by atoms with E-state index >= 15 is 0 Å². The zero-order chi connectivity index (χ0) is 66.2. The molecule has 0 saturated carbocycles. The van der Waals surface area contributed by atoms with Gasteiger partial charge in [0.1, 0.15) is 11.2 Å². The van der Waals surface area contributed by atoms with Gasteiger partial charge in [-0.25, -0.2) is 0 Å². The molecule has 0 aliphatic carbocycles. The van der Waals surface area contributed by atoms with Crippen molar-refractivity contribution in [2.75, 3.05) is 0 Å². The van der Waals surface area contributed by atoms with E-state index in [4.69, 9.17) is 4.42 Å². The zero-order valence-corrected chi connectivity index (χ0v) is 57.5. The van der Waals surface area contributed by atoms with Crippen LogP contribution in [0.3, 0.4) is 0 Å². The van der Waals surface area contributed by atoms with Crippen LogP contribution in [0.15, 0.2) is 374 Å². The number of rotatable bonds is 13. The minimum Gasteiger partial charge on any atom is -0.456 e. The first-order valence-corrected chi connectivity index (χ1v) is 38.4. The highest BCUT2D eigenvalue weighted by Crippen LogP contribution is 2.39. The molecule has 18 aromatic rings. The van der Waals surface area contributed by atoms with Crippen LogP contribution in [-0.4, -0.2) is 25.3 Å². The molecule has 0 N–H and O–H groups in total. The second-order valence-electron chi connectivity index (χ2n) is 27.5. The molecule has 0 radical (unpaired) electrons. The summed E-state index contributed by atoms with van der Waals surface area (Å²) in [6, 6.07) is 139. The Hall–Kier alpha value is -11.9. The van der Waals surface area contributed by atoms with Gasteiger partial charge in [-0.3, -0.25) is 0 Å². The highest BCUT2D eigenvalue weighted by Gasteiger charge is 2.44. The van der Waals surface area contributed by atoms with E-state index in [0.29, 0.717) is 0 Å². The van der Waals surface area contributed by atoms with Gasteiger partial charge >= 0.3 is 0 Å². The van der Waals surface area contributed by atoms with Crippen molar-refractivity contribution in [3.8, 4) is 44.8 Å².